The highest BCUT2D eigenvalue weighted by atomic mass is 35.5. The van der Waals surface area contributed by atoms with E-state index in [0.717, 1.165) is 25.3 Å². The number of alkyl halides is 1. The lowest BCUT2D eigenvalue weighted by atomic mass is 9.87. The average Bonchev–Trinajstić information content (AvgIpc) is 3.58. The lowest BCUT2D eigenvalue weighted by Crippen LogP contribution is -2.62. The SMILES string of the molecule is CSC1O[C@H]([C@H](NC(=O)[C@@H]2CC=C(/C=C/CC3CCCCC3)CCN2)[C@H](C)Cl)C(O)C2O[C@]12O. The van der Waals surface area contributed by atoms with Gasteiger partial charge in [0, 0.05) is 0 Å². The van der Waals surface area contributed by atoms with Crippen molar-refractivity contribution in [1.82, 2.24) is 10.6 Å². The van der Waals surface area contributed by atoms with Crippen molar-refractivity contribution in [1.29, 1.82) is 0 Å². The molecule has 1 amide bonds. The molecule has 0 radical (unpaired) electrons. The Hall–Kier alpha value is -0.610. The molecule has 0 aromatic heterocycles. The van der Waals surface area contributed by atoms with Gasteiger partial charge in [-0.1, -0.05) is 55.9 Å². The minimum absolute atomic E-state index is 0.171. The highest BCUT2D eigenvalue weighted by molar-refractivity contribution is 7.99. The molecule has 3 fully saturated rings. The monoisotopic (exact) mass is 514 g/mol. The third-order valence-electron chi connectivity index (χ3n) is 7.57. The van der Waals surface area contributed by atoms with E-state index in [1.807, 2.05) is 0 Å². The number of allylic oxidation sites excluding steroid dienone is 2. The van der Waals surface area contributed by atoms with Crippen molar-refractivity contribution in [2.24, 2.45) is 5.92 Å². The number of rotatable bonds is 8. The molecular formula is C25H39ClN2O5S. The van der Waals surface area contributed by atoms with Gasteiger partial charge in [-0.05, 0) is 44.9 Å². The van der Waals surface area contributed by atoms with Crippen LogP contribution in [0, 0.1) is 5.92 Å². The molecule has 9 heteroatoms. The van der Waals surface area contributed by atoms with Gasteiger partial charge in [-0.15, -0.1) is 23.4 Å². The first-order valence-electron chi connectivity index (χ1n) is 12.6. The molecule has 1 saturated carbocycles. The van der Waals surface area contributed by atoms with Crippen LogP contribution in [0.2, 0.25) is 0 Å². The van der Waals surface area contributed by atoms with E-state index in [9.17, 15) is 15.0 Å². The van der Waals surface area contributed by atoms with Gasteiger partial charge in [-0.3, -0.25) is 4.79 Å². The van der Waals surface area contributed by atoms with E-state index in [1.54, 1.807) is 13.2 Å². The standard InChI is InChI=1S/C25H39ClN2O5S/c1-15(26)19(21-20(29)22-25(31,33-22)24(32-21)34-2)28-23(30)18-12-11-17(13-14-27-18)10-6-9-16-7-4-3-5-8-16/h6,10-11,15-16,18-22,24,27,29,31H,3-5,7-9,12-14H2,1-2H3,(H,28,30)/b10-6+/t15-,18-,19+,20?,21+,22?,24?,25-/m0/s1. The van der Waals surface area contributed by atoms with Crippen LogP contribution in [-0.4, -0.2) is 75.9 Å². The Morgan fingerprint density at radius 1 is 1.41 bits per heavy atom. The first-order valence-corrected chi connectivity index (χ1v) is 14.4. The number of ether oxygens (including phenoxy) is 2. The number of nitrogens with one attached hydrogen (secondary N) is 2. The molecule has 192 valence electrons. The van der Waals surface area contributed by atoms with Gasteiger partial charge in [0.2, 0.25) is 11.7 Å². The maximum absolute atomic E-state index is 13.1. The van der Waals surface area contributed by atoms with Gasteiger partial charge < -0.3 is 30.3 Å². The number of epoxide rings is 1. The van der Waals surface area contributed by atoms with Gasteiger partial charge in [0.05, 0.1) is 17.5 Å². The average molecular weight is 515 g/mol. The lowest BCUT2D eigenvalue weighted by Gasteiger charge is -2.39. The summed E-state index contributed by atoms with van der Waals surface area (Å²) < 4.78 is 11.3. The van der Waals surface area contributed by atoms with E-state index >= 15 is 0 Å². The number of aliphatic hydroxyl groups is 2. The third-order valence-corrected chi connectivity index (χ3v) is 8.71. The van der Waals surface area contributed by atoms with E-state index in [2.05, 4.69) is 28.9 Å². The number of carbonyl (C=O) groups is 1. The molecule has 3 unspecified atom stereocenters. The van der Waals surface area contributed by atoms with Gasteiger partial charge in [-0.2, -0.15) is 0 Å². The summed E-state index contributed by atoms with van der Waals surface area (Å²) in [6, 6.07) is -1.01. The number of carbonyl (C=O) groups excluding carboxylic acids is 1. The summed E-state index contributed by atoms with van der Waals surface area (Å²) in [6.45, 7) is 2.49. The highest BCUT2D eigenvalue weighted by Gasteiger charge is 2.70. The molecule has 3 aliphatic heterocycles. The third kappa shape index (κ3) is 6.02. The maximum Gasteiger partial charge on any atom is 0.237 e. The highest BCUT2D eigenvalue weighted by Crippen LogP contribution is 2.49. The Bertz CT molecular complexity index is 774. The molecule has 0 aromatic rings. The Morgan fingerprint density at radius 3 is 2.88 bits per heavy atom. The van der Waals surface area contributed by atoms with Crippen LogP contribution >= 0.6 is 23.4 Å². The molecule has 0 aromatic carbocycles. The van der Waals surface area contributed by atoms with E-state index in [-0.39, 0.29) is 11.9 Å². The number of amides is 1. The molecule has 4 aliphatic rings. The Balaban J connectivity index is 1.33. The fourth-order valence-corrected chi connectivity index (χ4v) is 6.42. The largest absolute Gasteiger partial charge is 0.387 e. The first kappa shape index (κ1) is 26.5. The minimum Gasteiger partial charge on any atom is -0.387 e. The molecule has 8 atom stereocenters. The molecule has 34 heavy (non-hydrogen) atoms. The van der Waals surface area contributed by atoms with Gasteiger partial charge >= 0.3 is 0 Å². The van der Waals surface area contributed by atoms with Crippen molar-refractivity contribution < 1.29 is 24.5 Å². The van der Waals surface area contributed by atoms with Gasteiger partial charge in [-0.25, -0.2) is 0 Å². The topological polar surface area (TPSA) is 103 Å². The molecule has 4 N–H and O–H groups in total. The van der Waals surface area contributed by atoms with Crippen LogP contribution in [0.4, 0.5) is 0 Å². The molecule has 2 saturated heterocycles. The number of hydrogen-bond donors (Lipinski definition) is 4. The van der Waals surface area contributed by atoms with Gasteiger partial charge in [0.25, 0.3) is 0 Å². The summed E-state index contributed by atoms with van der Waals surface area (Å²) in [5, 5.41) is 27.0. The quantitative estimate of drug-likeness (QED) is 0.292. The van der Waals surface area contributed by atoms with E-state index in [4.69, 9.17) is 21.1 Å². The second kappa shape index (κ2) is 11.6. The van der Waals surface area contributed by atoms with Crippen molar-refractivity contribution in [3.05, 3.63) is 23.8 Å². The molecule has 1 aliphatic carbocycles. The lowest BCUT2D eigenvalue weighted by molar-refractivity contribution is -0.150. The Morgan fingerprint density at radius 2 is 2.18 bits per heavy atom. The van der Waals surface area contributed by atoms with Crippen molar-refractivity contribution >= 4 is 29.3 Å². The van der Waals surface area contributed by atoms with Gasteiger partial charge in [0.1, 0.15) is 18.3 Å². The predicted octanol–water partition coefficient (Wildman–Crippen LogP) is 2.84. The number of halogens is 1. The number of hydrogen-bond acceptors (Lipinski definition) is 7. The molecule has 4 rings (SSSR count). The van der Waals surface area contributed by atoms with Crippen LogP contribution in [0.25, 0.3) is 0 Å². The van der Waals surface area contributed by atoms with Crippen LogP contribution in [0.3, 0.4) is 0 Å². The van der Waals surface area contributed by atoms with E-state index in [1.165, 1.54) is 49.4 Å². The molecule has 0 bridgehead atoms. The fraction of sp³-hybridized carbons (Fsp3) is 0.800. The zero-order chi connectivity index (χ0) is 24.3. The molecule has 0 spiro atoms. The van der Waals surface area contributed by atoms with E-state index in [0.29, 0.717) is 6.42 Å². The molecule has 3 heterocycles. The first-order chi connectivity index (χ1) is 16.3. The smallest absolute Gasteiger partial charge is 0.237 e. The van der Waals surface area contributed by atoms with Crippen LogP contribution < -0.4 is 10.6 Å². The summed E-state index contributed by atoms with van der Waals surface area (Å²) in [6.07, 6.45) is 15.3. The predicted molar refractivity (Wildman–Crippen MR) is 135 cm³/mol. The summed E-state index contributed by atoms with van der Waals surface area (Å²) >= 11 is 7.74. The summed E-state index contributed by atoms with van der Waals surface area (Å²) in [5.41, 5.74) is 0.613. The second-order valence-corrected chi connectivity index (χ2v) is 11.7. The minimum atomic E-state index is -1.48. The van der Waals surface area contributed by atoms with Crippen molar-refractivity contribution in [2.45, 2.75) is 105 Å². The molecular weight excluding hydrogens is 476 g/mol. The van der Waals surface area contributed by atoms with Crippen LogP contribution in [0.15, 0.2) is 23.8 Å². The van der Waals surface area contributed by atoms with Crippen LogP contribution in [0.1, 0.15) is 58.3 Å². The van der Waals surface area contributed by atoms with Crippen LogP contribution in [0.5, 0.6) is 0 Å². The normalized spacial score (nSPS) is 38.5. The van der Waals surface area contributed by atoms with Crippen molar-refractivity contribution in [2.75, 3.05) is 12.8 Å². The molecule has 7 nitrogen and oxygen atoms in total. The van der Waals surface area contributed by atoms with E-state index < -0.39 is 41.0 Å². The van der Waals surface area contributed by atoms with Crippen molar-refractivity contribution in [3.8, 4) is 0 Å². The Kier molecular flexibility index (Phi) is 9.05. The fourth-order valence-electron chi connectivity index (χ4n) is 5.44. The zero-order valence-corrected chi connectivity index (χ0v) is 21.7. The Labute approximate surface area is 212 Å². The summed E-state index contributed by atoms with van der Waals surface area (Å²) in [4.78, 5) is 13.1. The van der Waals surface area contributed by atoms with Crippen molar-refractivity contribution in [3.63, 3.8) is 0 Å². The van der Waals surface area contributed by atoms with Crippen LogP contribution in [-0.2, 0) is 14.3 Å². The number of aliphatic hydroxyl groups excluding tert-OH is 1. The second-order valence-electron chi connectivity index (χ2n) is 10.1. The number of fused-ring (bicyclic) bond motifs is 1. The summed E-state index contributed by atoms with van der Waals surface area (Å²) in [7, 11) is 0. The maximum atomic E-state index is 13.1. The number of thioether (sulfide) groups is 1. The zero-order valence-electron chi connectivity index (χ0n) is 20.1. The van der Waals surface area contributed by atoms with Gasteiger partial charge in [0.15, 0.2) is 5.44 Å². The summed E-state index contributed by atoms with van der Waals surface area (Å²) in [5.74, 6) is -0.827.